The Morgan fingerprint density at radius 1 is 1.11 bits per heavy atom. The number of hydrogen-bond donors (Lipinski definition) is 3. The first-order valence-electron chi connectivity index (χ1n) is 14.9. The normalized spacial score (nSPS) is 25.8. The molecule has 0 radical (unpaired) electrons. The third kappa shape index (κ3) is 5.56. The Morgan fingerprint density at radius 2 is 1.89 bits per heavy atom. The number of carbonyl (C=O) groups excluding carboxylic acids is 3. The van der Waals surface area contributed by atoms with Crippen molar-refractivity contribution in [2.45, 2.75) is 70.5 Å². The number of cyclic esters (lactones) is 1. The summed E-state index contributed by atoms with van der Waals surface area (Å²) in [6.45, 7) is 4.09. The third-order valence-corrected chi connectivity index (χ3v) is 8.58. The number of para-hydroxylation sites is 1. The van der Waals surface area contributed by atoms with E-state index in [0.29, 0.717) is 29.7 Å². The highest BCUT2D eigenvalue weighted by Crippen LogP contribution is 2.38. The number of aldehydes is 1. The number of ether oxygens (including phenoxy) is 1. The molecular formula is C34H36N2O8. The Labute approximate surface area is 254 Å². The van der Waals surface area contributed by atoms with Crippen molar-refractivity contribution < 1.29 is 34.4 Å². The average Bonchev–Trinajstić information content (AvgIpc) is 3.39. The molecule has 0 bridgehead atoms. The molecular weight excluding hydrogens is 564 g/mol. The minimum atomic E-state index is -1.79. The van der Waals surface area contributed by atoms with E-state index in [1.54, 1.807) is 29.7 Å². The number of unbranched alkanes of at least 4 members (excludes halogenated alkanes) is 1. The Bertz CT molecular complexity index is 1720. The molecule has 6 rings (SSSR count). The summed E-state index contributed by atoms with van der Waals surface area (Å²) in [5, 5.41) is 30.8. The fraction of sp³-hybridized carbons (Fsp3) is 0.382. The molecule has 1 saturated carbocycles. The number of pyridine rings is 2. The van der Waals surface area contributed by atoms with E-state index < -0.39 is 35.5 Å². The summed E-state index contributed by atoms with van der Waals surface area (Å²) in [4.78, 5) is 52.4. The molecule has 3 aromatic rings. The molecule has 5 atom stereocenters. The fourth-order valence-corrected chi connectivity index (χ4v) is 5.99. The first kappa shape index (κ1) is 31.2. The number of fused-ring (bicyclic) bond motifs is 5. The molecule has 10 heteroatoms. The van der Waals surface area contributed by atoms with Gasteiger partial charge in [-0.3, -0.25) is 9.59 Å². The van der Waals surface area contributed by atoms with Crippen LogP contribution in [0.15, 0.2) is 65.5 Å². The van der Waals surface area contributed by atoms with Gasteiger partial charge in [-0.1, -0.05) is 62.8 Å². The molecule has 0 spiro atoms. The molecule has 1 aliphatic carbocycles. The largest absolute Gasteiger partial charge is 0.458 e. The van der Waals surface area contributed by atoms with E-state index in [1.807, 2.05) is 42.5 Å². The van der Waals surface area contributed by atoms with Gasteiger partial charge in [0.2, 0.25) is 0 Å². The lowest BCUT2D eigenvalue weighted by Crippen LogP contribution is -2.47. The first-order valence-corrected chi connectivity index (χ1v) is 14.9. The molecule has 5 unspecified atom stereocenters. The van der Waals surface area contributed by atoms with Gasteiger partial charge < -0.3 is 29.4 Å². The van der Waals surface area contributed by atoms with Crippen molar-refractivity contribution >= 4 is 28.9 Å². The number of esters is 1. The van der Waals surface area contributed by atoms with E-state index in [4.69, 9.17) is 9.72 Å². The van der Waals surface area contributed by atoms with Crippen molar-refractivity contribution in [3.8, 4) is 11.4 Å². The summed E-state index contributed by atoms with van der Waals surface area (Å²) in [6.07, 6.45) is 7.86. The minimum Gasteiger partial charge on any atom is -0.458 e. The van der Waals surface area contributed by atoms with Crippen molar-refractivity contribution in [1.82, 2.24) is 9.55 Å². The third-order valence-electron chi connectivity index (χ3n) is 8.58. The molecule has 230 valence electrons. The molecule has 2 aromatic heterocycles. The average molecular weight is 601 g/mol. The Morgan fingerprint density at radius 3 is 2.61 bits per heavy atom. The number of aromatic nitrogens is 2. The standard InChI is InChI=1S/C20H16N2O4.C14H20O4/c1-2-20(25)14-8-16-17-12(7-11-5-3-4-6-15(11)21-17)9-22(16)18(23)13(14)10-26-19(20)24;1-2-3-4-5-6-7-10-8-12(16)14(18)13(17)11(10)9-15/h3-8,25H,2,9-10H2,1H3;4-7,9-12,14,16,18H,2-3,8H2,1H3. The second-order valence-corrected chi connectivity index (χ2v) is 11.4. The summed E-state index contributed by atoms with van der Waals surface area (Å²) in [5.74, 6) is -2.48. The highest BCUT2D eigenvalue weighted by Gasteiger charge is 2.45. The zero-order chi connectivity index (χ0) is 31.6. The van der Waals surface area contributed by atoms with Crippen LogP contribution in [0.5, 0.6) is 0 Å². The highest BCUT2D eigenvalue weighted by molar-refractivity contribution is 5.97. The fourth-order valence-electron chi connectivity index (χ4n) is 5.99. The van der Waals surface area contributed by atoms with Crippen molar-refractivity contribution in [2.24, 2.45) is 11.8 Å². The number of nitrogens with zero attached hydrogens (tertiary/aromatic N) is 2. The van der Waals surface area contributed by atoms with Gasteiger partial charge in [-0.15, -0.1) is 0 Å². The predicted molar refractivity (Wildman–Crippen MR) is 162 cm³/mol. The second-order valence-electron chi connectivity index (χ2n) is 11.4. The maximum absolute atomic E-state index is 13.0. The number of benzene rings is 1. The van der Waals surface area contributed by atoms with E-state index in [-0.39, 0.29) is 30.9 Å². The van der Waals surface area contributed by atoms with Crippen LogP contribution in [0.3, 0.4) is 0 Å². The Hall–Kier alpha value is -4.25. The minimum absolute atomic E-state index is 0.110. The van der Waals surface area contributed by atoms with E-state index in [9.17, 15) is 34.5 Å². The number of aliphatic hydroxyl groups is 3. The van der Waals surface area contributed by atoms with Gasteiger partial charge in [0.25, 0.3) is 5.56 Å². The maximum Gasteiger partial charge on any atom is 0.343 e. The van der Waals surface area contributed by atoms with Gasteiger partial charge in [0.15, 0.2) is 11.4 Å². The van der Waals surface area contributed by atoms with E-state index >= 15 is 0 Å². The summed E-state index contributed by atoms with van der Waals surface area (Å²) in [7, 11) is 0. The number of Topliss-reactive ketones (excluding diaryl/α,β-unsaturated/α-hetero) is 1. The summed E-state index contributed by atoms with van der Waals surface area (Å²) >= 11 is 0. The van der Waals surface area contributed by atoms with Crippen molar-refractivity contribution in [3.05, 3.63) is 87.7 Å². The summed E-state index contributed by atoms with van der Waals surface area (Å²) in [6, 6.07) is 11.6. The zero-order valence-corrected chi connectivity index (χ0v) is 24.7. The van der Waals surface area contributed by atoms with Crippen LogP contribution in [0, 0.1) is 11.8 Å². The van der Waals surface area contributed by atoms with E-state index in [2.05, 4.69) is 6.92 Å². The lowest BCUT2D eigenvalue weighted by Gasteiger charge is -2.31. The summed E-state index contributed by atoms with van der Waals surface area (Å²) in [5.41, 5.74) is 1.81. The number of hydrogen-bond acceptors (Lipinski definition) is 9. The van der Waals surface area contributed by atoms with Gasteiger partial charge in [-0.25, -0.2) is 9.78 Å². The van der Waals surface area contributed by atoms with Crippen LogP contribution < -0.4 is 5.56 Å². The molecule has 3 N–H and O–H groups in total. The van der Waals surface area contributed by atoms with Gasteiger partial charge in [-0.2, -0.15) is 0 Å². The summed E-state index contributed by atoms with van der Waals surface area (Å²) < 4.78 is 6.72. The lowest BCUT2D eigenvalue weighted by atomic mass is 9.76. The Balaban J connectivity index is 0.000000189. The lowest BCUT2D eigenvalue weighted by molar-refractivity contribution is -0.172. The van der Waals surface area contributed by atoms with Gasteiger partial charge in [0.1, 0.15) is 19.0 Å². The van der Waals surface area contributed by atoms with Gasteiger partial charge in [-0.05, 0) is 43.4 Å². The molecule has 3 aliphatic rings. The van der Waals surface area contributed by atoms with Crippen LogP contribution in [-0.4, -0.2) is 55.1 Å². The number of carbonyl (C=O) groups is 3. The SMILES string of the molecule is CCC1(O)C(=O)OCc2c1cc1n(c2=O)Cc2cc3ccccc3nc2-1.CCCC=CC=CC1CC(O)C(O)C(=O)C1C=O. The van der Waals surface area contributed by atoms with Crippen LogP contribution in [0.2, 0.25) is 0 Å². The number of ketones is 1. The topological polar surface area (TPSA) is 156 Å². The predicted octanol–water partition coefficient (Wildman–Crippen LogP) is 3.10. The molecule has 1 aromatic carbocycles. The molecule has 0 saturated heterocycles. The van der Waals surface area contributed by atoms with Crippen LogP contribution in [0.25, 0.3) is 22.3 Å². The molecule has 0 amide bonds. The van der Waals surface area contributed by atoms with Crippen LogP contribution >= 0.6 is 0 Å². The van der Waals surface area contributed by atoms with E-state index in [0.717, 1.165) is 35.0 Å². The molecule has 4 heterocycles. The quantitative estimate of drug-likeness (QED) is 0.131. The van der Waals surface area contributed by atoms with Crippen molar-refractivity contribution in [3.63, 3.8) is 0 Å². The van der Waals surface area contributed by atoms with Gasteiger partial charge in [0.05, 0.1) is 41.0 Å². The smallest absolute Gasteiger partial charge is 0.343 e. The number of allylic oxidation sites excluding steroid dienone is 4. The van der Waals surface area contributed by atoms with Gasteiger partial charge >= 0.3 is 5.97 Å². The molecule has 1 fully saturated rings. The van der Waals surface area contributed by atoms with Crippen LogP contribution in [0.4, 0.5) is 0 Å². The molecule has 44 heavy (non-hydrogen) atoms. The molecule has 10 nitrogen and oxygen atoms in total. The van der Waals surface area contributed by atoms with Crippen LogP contribution in [-0.2, 0) is 37.9 Å². The van der Waals surface area contributed by atoms with Crippen molar-refractivity contribution in [2.75, 3.05) is 0 Å². The van der Waals surface area contributed by atoms with Crippen molar-refractivity contribution in [1.29, 1.82) is 0 Å². The highest BCUT2D eigenvalue weighted by atomic mass is 16.6. The van der Waals surface area contributed by atoms with Crippen LogP contribution in [0.1, 0.15) is 56.2 Å². The molecule has 2 aliphatic heterocycles. The maximum atomic E-state index is 13.0. The Kier molecular flexibility index (Phi) is 9.05. The number of aliphatic hydroxyl groups excluding tert-OH is 2. The zero-order valence-electron chi connectivity index (χ0n) is 24.7. The van der Waals surface area contributed by atoms with Gasteiger partial charge in [0, 0.05) is 16.5 Å². The monoisotopic (exact) mass is 600 g/mol. The number of rotatable bonds is 6. The van der Waals surface area contributed by atoms with E-state index in [1.165, 1.54) is 0 Å². The second kappa shape index (κ2) is 12.8. The first-order chi connectivity index (χ1) is 21.1.